The van der Waals surface area contributed by atoms with Gasteiger partial charge in [-0.05, 0) is 50.8 Å². The maximum atomic E-state index is 13.6. The van der Waals surface area contributed by atoms with Crippen molar-refractivity contribution in [2.45, 2.75) is 60.9 Å². The Balaban J connectivity index is 1.53. The second kappa shape index (κ2) is 11.0. The molecule has 0 saturated carbocycles. The fraction of sp³-hybridized carbons (Fsp3) is 0.400. The Morgan fingerprint density at radius 1 is 1.05 bits per heavy atom. The second-order valence-electron chi connectivity index (χ2n) is 9.48. The van der Waals surface area contributed by atoms with E-state index in [-0.39, 0.29) is 52.0 Å². The number of hydrogen-bond acceptors (Lipinski definition) is 6. The maximum absolute atomic E-state index is 13.6. The zero-order chi connectivity index (χ0) is 28.6. The third-order valence-electron chi connectivity index (χ3n) is 7.01. The van der Waals surface area contributed by atoms with Crippen molar-refractivity contribution in [3.8, 4) is 0 Å². The highest BCUT2D eigenvalue weighted by Gasteiger charge is 2.48. The lowest BCUT2D eigenvalue weighted by atomic mass is 10.0. The summed E-state index contributed by atoms with van der Waals surface area (Å²) in [6.45, 7) is 1.52. The van der Waals surface area contributed by atoms with Crippen LogP contribution < -0.4 is 10.6 Å². The second-order valence-corrected chi connectivity index (χ2v) is 12.1. The lowest BCUT2D eigenvalue weighted by molar-refractivity contribution is -0.137. The van der Waals surface area contributed by atoms with Crippen LogP contribution in [-0.4, -0.2) is 61.7 Å². The number of ether oxygens (including phenoxy) is 1. The van der Waals surface area contributed by atoms with Gasteiger partial charge in [-0.3, -0.25) is 9.59 Å². The number of benzene rings is 2. The van der Waals surface area contributed by atoms with Crippen LogP contribution in [0, 0.1) is 17.5 Å². The molecule has 3 amide bonds. The van der Waals surface area contributed by atoms with Crippen molar-refractivity contribution in [3.63, 3.8) is 0 Å². The smallest absolute Gasteiger partial charge is 0.407 e. The first kappa shape index (κ1) is 28.7. The number of halogens is 4. The van der Waals surface area contributed by atoms with Crippen molar-refractivity contribution >= 4 is 45.0 Å². The van der Waals surface area contributed by atoms with Crippen molar-refractivity contribution < 1.29 is 40.7 Å². The van der Waals surface area contributed by atoms with Gasteiger partial charge < -0.3 is 20.3 Å². The van der Waals surface area contributed by atoms with Crippen molar-refractivity contribution in [2.75, 3.05) is 12.4 Å². The zero-order valence-corrected chi connectivity index (χ0v) is 22.4. The number of nitrogens with zero attached hydrogens (tertiary/aromatic N) is 1. The van der Waals surface area contributed by atoms with Crippen LogP contribution in [0.4, 0.5) is 23.7 Å². The predicted molar refractivity (Wildman–Crippen MR) is 135 cm³/mol. The minimum atomic E-state index is -4.07. The van der Waals surface area contributed by atoms with Crippen molar-refractivity contribution in [2.24, 2.45) is 0 Å². The third kappa shape index (κ3) is 5.69. The molecule has 0 aromatic heterocycles. The first-order valence-electron chi connectivity index (χ1n) is 12.0. The Morgan fingerprint density at radius 3 is 2.21 bits per heavy atom. The number of carbonyl (C=O) groups is 3. The van der Waals surface area contributed by atoms with Gasteiger partial charge >= 0.3 is 6.09 Å². The summed E-state index contributed by atoms with van der Waals surface area (Å²) in [7, 11) is -2.89. The molecular formula is C25H25ClF3N3O6S. The van der Waals surface area contributed by atoms with Crippen LogP contribution >= 0.6 is 11.6 Å². The highest BCUT2D eigenvalue weighted by molar-refractivity contribution is 7.92. The van der Waals surface area contributed by atoms with Crippen molar-refractivity contribution in [3.05, 3.63) is 58.4 Å². The Labute approximate surface area is 227 Å². The van der Waals surface area contributed by atoms with E-state index in [1.807, 2.05) is 0 Å². The number of amides is 3. The fourth-order valence-corrected chi connectivity index (χ4v) is 7.52. The molecule has 0 spiro atoms. The highest BCUT2D eigenvalue weighted by Crippen LogP contribution is 2.41. The standard InChI is InChI=1S/C25H25ClF3N3O6S/c1-12(30-25(35)38-2)24(34)32-15-4-5-16(32)11-17(10-15)39(36,37)21-7-13(3-6-18(21)26)23(33)31-14-8-19(27)22(29)20(28)9-14/h3,6-9,12,15-17H,4-5,10-11H2,1-2H3,(H,30,35)(H,31,33)/t12-,15-,16?,17?/m0/s1. The molecule has 2 unspecified atom stereocenters. The number of fused-ring (bicyclic) bond motifs is 2. The van der Waals surface area contributed by atoms with E-state index in [9.17, 15) is 36.0 Å². The normalized spacial score (nSPS) is 21.3. The Hall–Kier alpha value is -3.32. The molecule has 2 heterocycles. The molecular weight excluding hydrogens is 563 g/mol. The monoisotopic (exact) mass is 587 g/mol. The molecule has 2 fully saturated rings. The Kier molecular flexibility index (Phi) is 8.12. The average Bonchev–Trinajstić information content (AvgIpc) is 3.14. The van der Waals surface area contributed by atoms with Gasteiger partial charge in [0.25, 0.3) is 5.91 Å². The van der Waals surface area contributed by atoms with E-state index < -0.39 is 50.6 Å². The highest BCUT2D eigenvalue weighted by atomic mass is 35.5. The molecule has 0 aliphatic carbocycles. The number of anilines is 1. The van der Waals surface area contributed by atoms with Gasteiger partial charge in [0.05, 0.1) is 22.3 Å². The average molecular weight is 588 g/mol. The number of hydrogen-bond donors (Lipinski definition) is 2. The molecule has 0 radical (unpaired) electrons. The number of carbonyl (C=O) groups excluding carboxylic acids is 3. The molecule has 14 heteroatoms. The molecule has 2 aliphatic heterocycles. The largest absolute Gasteiger partial charge is 0.453 e. The Morgan fingerprint density at radius 2 is 1.64 bits per heavy atom. The first-order chi connectivity index (χ1) is 18.3. The Bertz CT molecular complexity index is 1400. The predicted octanol–water partition coefficient (Wildman–Crippen LogP) is 4.05. The molecule has 2 saturated heterocycles. The summed E-state index contributed by atoms with van der Waals surface area (Å²) in [6, 6.07) is 3.13. The lowest BCUT2D eigenvalue weighted by Crippen LogP contribution is -2.55. The molecule has 2 bridgehead atoms. The van der Waals surface area contributed by atoms with Gasteiger partial charge in [0.2, 0.25) is 5.91 Å². The molecule has 39 heavy (non-hydrogen) atoms. The number of nitrogens with one attached hydrogen (secondary N) is 2. The SMILES string of the molecule is COC(=O)N[C@@H](C)C(=O)N1C2CC[C@H]1CC(S(=O)(=O)c1cc(C(=O)Nc3cc(F)c(F)c(F)c3)ccc1Cl)C2. The van der Waals surface area contributed by atoms with Crippen LogP contribution in [0.2, 0.25) is 5.02 Å². The molecule has 2 aromatic rings. The van der Waals surface area contributed by atoms with Gasteiger partial charge in [0, 0.05) is 35.5 Å². The van der Waals surface area contributed by atoms with Crippen molar-refractivity contribution in [1.82, 2.24) is 10.2 Å². The summed E-state index contributed by atoms with van der Waals surface area (Å²) in [4.78, 5) is 38.5. The van der Waals surface area contributed by atoms with Gasteiger partial charge in [-0.2, -0.15) is 0 Å². The summed E-state index contributed by atoms with van der Waals surface area (Å²) in [5.74, 6) is -5.92. The van der Waals surface area contributed by atoms with Crippen LogP contribution in [0.5, 0.6) is 0 Å². The molecule has 2 aliphatic rings. The summed E-state index contributed by atoms with van der Waals surface area (Å²) >= 11 is 6.23. The van der Waals surface area contributed by atoms with Gasteiger partial charge in [0.1, 0.15) is 6.04 Å². The molecule has 4 atom stereocenters. The van der Waals surface area contributed by atoms with E-state index >= 15 is 0 Å². The summed E-state index contributed by atoms with van der Waals surface area (Å²) in [6.07, 6.45) is 0.698. The molecule has 2 N–H and O–H groups in total. The summed E-state index contributed by atoms with van der Waals surface area (Å²) in [5.41, 5.74) is -0.512. The van der Waals surface area contributed by atoms with E-state index in [0.29, 0.717) is 25.0 Å². The number of sulfone groups is 1. The summed E-state index contributed by atoms with van der Waals surface area (Å²) in [5, 5.41) is 3.63. The van der Waals surface area contributed by atoms with Crippen LogP contribution in [0.25, 0.3) is 0 Å². The van der Waals surface area contributed by atoms with Crippen LogP contribution in [0.3, 0.4) is 0 Å². The van der Waals surface area contributed by atoms with E-state index in [1.54, 1.807) is 4.90 Å². The molecule has 2 aromatic carbocycles. The van der Waals surface area contributed by atoms with E-state index in [2.05, 4.69) is 15.4 Å². The zero-order valence-electron chi connectivity index (χ0n) is 20.8. The van der Waals surface area contributed by atoms with Crippen LogP contribution in [-0.2, 0) is 19.4 Å². The topological polar surface area (TPSA) is 122 Å². The first-order valence-corrected chi connectivity index (χ1v) is 13.9. The van der Waals surface area contributed by atoms with Crippen molar-refractivity contribution in [1.29, 1.82) is 0 Å². The molecule has 210 valence electrons. The minimum Gasteiger partial charge on any atom is -0.453 e. The maximum Gasteiger partial charge on any atom is 0.407 e. The third-order valence-corrected chi connectivity index (χ3v) is 9.67. The van der Waals surface area contributed by atoms with E-state index in [1.165, 1.54) is 26.2 Å². The fourth-order valence-electron chi connectivity index (χ4n) is 5.13. The summed E-state index contributed by atoms with van der Waals surface area (Å²) < 4.78 is 72.1. The van der Waals surface area contributed by atoms with Crippen LogP contribution in [0.15, 0.2) is 35.2 Å². The lowest BCUT2D eigenvalue weighted by Gasteiger charge is -2.40. The van der Waals surface area contributed by atoms with E-state index in [0.717, 1.165) is 6.07 Å². The van der Waals surface area contributed by atoms with Gasteiger partial charge in [0.15, 0.2) is 27.3 Å². The quantitative estimate of drug-likeness (QED) is 0.492. The van der Waals surface area contributed by atoms with Gasteiger partial charge in [-0.15, -0.1) is 0 Å². The molecule has 9 nitrogen and oxygen atoms in total. The number of rotatable bonds is 6. The number of methoxy groups -OCH3 is 1. The van der Waals surface area contributed by atoms with Gasteiger partial charge in [-0.1, -0.05) is 11.6 Å². The minimum absolute atomic E-state index is 0.118. The van der Waals surface area contributed by atoms with Crippen LogP contribution in [0.1, 0.15) is 43.0 Å². The van der Waals surface area contributed by atoms with Gasteiger partial charge in [-0.25, -0.2) is 26.4 Å². The van der Waals surface area contributed by atoms with E-state index in [4.69, 9.17) is 11.6 Å². The molecule has 4 rings (SSSR count). The number of piperidine rings is 1. The number of alkyl carbamates (subject to hydrolysis) is 1.